The summed E-state index contributed by atoms with van der Waals surface area (Å²) >= 11 is 0. The lowest BCUT2D eigenvalue weighted by Gasteiger charge is -2.34. The van der Waals surface area contributed by atoms with E-state index in [0.29, 0.717) is 37.7 Å². The Morgan fingerprint density at radius 3 is 2.18 bits per heavy atom. The van der Waals surface area contributed by atoms with Gasteiger partial charge in [0.15, 0.2) is 0 Å². The van der Waals surface area contributed by atoms with Gasteiger partial charge in [0.05, 0.1) is 11.0 Å². The largest absolute Gasteiger partial charge is 0.461 e. The topological polar surface area (TPSA) is 128 Å². The van der Waals surface area contributed by atoms with Crippen molar-refractivity contribution in [3.63, 3.8) is 0 Å². The molecule has 2 atom stereocenters. The van der Waals surface area contributed by atoms with Crippen LogP contribution in [-0.2, 0) is 30.8 Å². The lowest BCUT2D eigenvalue weighted by molar-refractivity contribution is -0.151. The lowest BCUT2D eigenvalue weighted by atomic mass is 10.0. The molecular formula is C32H43N5O6S. The Kier molecular flexibility index (Phi) is 9.91. The van der Waals surface area contributed by atoms with Crippen molar-refractivity contribution >= 4 is 33.6 Å². The Hall–Kier alpha value is -3.48. The number of nitrogens with one attached hydrogen (secondary N) is 2. The van der Waals surface area contributed by atoms with Crippen LogP contribution in [0.5, 0.6) is 0 Å². The Bertz CT molecular complexity index is 1430. The number of piperazine rings is 1. The number of sulfonamides is 1. The number of rotatable bonds is 10. The molecule has 3 aliphatic rings. The Labute approximate surface area is 260 Å². The number of benzene rings is 2. The van der Waals surface area contributed by atoms with E-state index in [1.54, 1.807) is 62.4 Å². The summed E-state index contributed by atoms with van der Waals surface area (Å²) in [5.74, 6) is -1.13. The van der Waals surface area contributed by atoms with Gasteiger partial charge >= 0.3 is 12.0 Å². The van der Waals surface area contributed by atoms with Crippen molar-refractivity contribution in [3.8, 4) is 0 Å². The molecule has 5 rings (SSSR count). The molecule has 0 spiro atoms. The van der Waals surface area contributed by atoms with Crippen LogP contribution in [0.4, 0.5) is 10.5 Å². The van der Waals surface area contributed by atoms with Crippen LogP contribution in [0.2, 0.25) is 0 Å². The van der Waals surface area contributed by atoms with Crippen LogP contribution in [0.3, 0.4) is 0 Å². The van der Waals surface area contributed by atoms with Crippen LogP contribution in [-0.4, -0.2) is 97.4 Å². The summed E-state index contributed by atoms with van der Waals surface area (Å²) in [7, 11) is -3.89. The number of ether oxygens (including phenoxy) is 1. The second-order valence-electron chi connectivity index (χ2n) is 12.2. The highest BCUT2D eigenvalue weighted by atomic mass is 32.2. The van der Waals surface area contributed by atoms with Crippen molar-refractivity contribution in [2.75, 3.05) is 38.0 Å². The number of anilines is 1. The van der Waals surface area contributed by atoms with E-state index in [1.807, 2.05) is 11.8 Å². The number of urea groups is 1. The minimum atomic E-state index is -3.89. The fourth-order valence-corrected chi connectivity index (χ4v) is 7.46. The third kappa shape index (κ3) is 7.77. The number of esters is 1. The predicted octanol–water partition coefficient (Wildman–Crippen LogP) is 3.14. The summed E-state index contributed by atoms with van der Waals surface area (Å²) in [6.07, 6.45) is 3.16. The molecule has 0 radical (unpaired) electrons. The van der Waals surface area contributed by atoms with Crippen LogP contribution in [0.15, 0.2) is 53.4 Å². The number of nitrogens with zero attached hydrogens (tertiary/aromatic N) is 3. The third-order valence-corrected chi connectivity index (χ3v) is 10.3. The third-order valence-electron chi connectivity index (χ3n) is 8.40. The molecule has 12 heteroatoms. The van der Waals surface area contributed by atoms with E-state index in [4.69, 9.17) is 4.74 Å². The molecule has 2 aliphatic heterocycles. The molecule has 0 aromatic heterocycles. The van der Waals surface area contributed by atoms with Gasteiger partial charge in [0.1, 0.15) is 12.1 Å². The van der Waals surface area contributed by atoms with Crippen molar-refractivity contribution in [2.45, 2.75) is 82.0 Å². The molecule has 0 bridgehead atoms. The molecule has 1 aliphatic carbocycles. The van der Waals surface area contributed by atoms with Gasteiger partial charge in [-0.25, -0.2) is 18.0 Å². The number of aryl methyl sites for hydroxylation is 1. The highest BCUT2D eigenvalue weighted by Crippen LogP contribution is 2.28. The van der Waals surface area contributed by atoms with Gasteiger partial charge in [-0.2, -0.15) is 4.31 Å². The summed E-state index contributed by atoms with van der Waals surface area (Å²) in [4.78, 5) is 43.8. The Morgan fingerprint density at radius 2 is 1.57 bits per heavy atom. The molecular weight excluding hydrogens is 582 g/mol. The van der Waals surface area contributed by atoms with Crippen LogP contribution >= 0.6 is 0 Å². The molecule has 3 amide bonds. The fourth-order valence-electron chi connectivity index (χ4n) is 5.80. The molecule has 2 saturated heterocycles. The van der Waals surface area contributed by atoms with E-state index in [0.717, 1.165) is 24.2 Å². The molecule has 2 aromatic carbocycles. The van der Waals surface area contributed by atoms with Gasteiger partial charge in [-0.05, 0) is 76.3 Å². The molecule has 2 heterocycles. The minimum Gasteiger partial charge on any atom is -0.461 e. The van der Waals surface area contributed by atoms with Crippen LogP contribution in [0.25, 0.3) is 0 Å². The highest BCUT2D eigenvalue weighted by molar-refractivity contribution is 7.89. The maximum absolute atomic E-state index is 13.5. The number of carbonyl (C=O) groups is 3. The monoisotopic (exact) mass is 625 g/mol. The zero-order valence-corrected chi connectivity index (χ0v) is 26.5. The smallest absolute Gasteiger partial charge is 0.329 e. The zero-order valence-electron chi connectivity index (χ0n) is 25.7. The first-order valence-corrected chi connectivity index (χ1v) is 16.9. The Balaban J connectivity index is 1.22. The van der Waals surface area contributed by atoms with E-state index in [2.05, 4.69) is 15.5 Å². The molecule has 0 unspecified atom stereocenters. The average Bonchev–Trinajstić information content (AvgIpc) is 3.72. The van der Waals surface area contributed by atoms with Crippen molar-refractivity contribution < 1.29 is 27.5 Å². The second-order valence-corrected chi connectivity index (χ2v) is 14.1. The minimum absolute atomic E-state index is 0.131. The van der Waals surface area contributed by atoms with Gasteiger partial charge in [-0.3, -0.25) is 9.69 Å². The summed E-state index contributed by atoms with van der Waals surface area (Å²) in [5, 5.41) is 5.73. The van der Waals surface area contributed by atoms with Gasteiger partial charge in [0, 0.05) is 50.9 Å². The molecule has 2 N–H and O–H groups in total. The molecule has 11 nitrogen and oxygen atoms in total. The van der Waals surface area contributed by atoms with Gasteiger partial charge < -0.3 is 20.3 Å². The average molecular weight is 626 g/mol. The molecule has 238 valence electrons. The van der Waals surface area contributed by atoms with E-state index in [-0.39, 0.29) is 23.9 Å². The number of hydrogen-bond acceptors (Lipinski definition) is 7. The van der Waals surface area contributed by atoms with Gasteiger partial charge in [-0.1, -0.05) is 29.8 Å². The normalized spacial score (nSPS) is 20.4. The number of amides is 3. The van der Waals surface area contributed by atoms with Crippen LogP contribution in [0, 0.1) is 6.92 Å². The van der Waals surface area contributed by atoms with Gasteiger partial charge in [0.2, 0.25) is 15.9 Å². The number of hydrogen-bond donors (Lipinski definition) is 2. The second kappa shape index (κ2) is 13.7. The molecule has 1 saturated carbocycles. The first-order chi connectivity index (χ1) is 21.0. The quantitative estimate of drug-likeness (QED) is 0.389. The summed E-state index contributed by atoms with van der Waals surface area (Å²) in [5.41, 5.74) is 2.32. The summed E-state index contributed by atoms with van der Waals surface area (Å²) < 4.78 is 33.4. The molecule has 3 fully saturated rings. The van der Waals surface area contributed by atoms with Crippen molar-refractivity contribution in [1.29, 1.82) is 0 Å². The fraction of sp³-hybridized carbons (Fsp3) is 0.531. The zero-order chi connectivity index (χ0) is 31.4. The van der Waals surface area contributed by atoms with Crippen molar-refractivity contribution in [1.82, 2.24) is 19.4 Å². The van der Waals surface area contributed by atoms with Crippen LogP contribution < -0.4 is 10.6 Å². The summed E-state index contributed by atoms with van der Waals surface area (Å²) in [6, 6.07) is 12.3. The maximum atomic E-state index is 13.5. The van der Waals surface area contributed by atoms with E-state index in [1.165, 1.54) is 17.1 Å². The molecule has 44 heavy (non-hydrogen) atoms. The highest BCUT2D eigenvalue weighted by Gasteiger charge is 2.41. The SMILES string of the molecule is Cc1ccc(S(=O)(=O)N2CCC[C@H]2C(=O)N[C@@H](Cc2ccc(NC(=O)N3CCN(C4CC4)CC3)cc2)C(=O)OC(C)C)cc1. The predicted molar refractivity (Wildman–Crippen MR) is 167 cm³/mol. The maximum Gasteiger partial charge on any atom is 0.329 e. The first-order valence-electron chi connectivity index (χ1n) is 15.5. The lowest BCUT2D eigenvalue weighted by Crippen LogP contribution is -2.52. The van der Waals surface area contributed by atoms with Gasteiger partial charge in [-0.15, -0.1) is 0 Å². The molecule has 2 aromatic rings. The van der Waals surface area contributed by atoms with Crippen molar-refractivity contribution in [3.05, 3.63) is 59.7 Å². The van der Waals surface area contributed by atoms with E-state index in [9.17, 15) is 22.8 Å². The number of carbonyl (C=O) groups excluding carboxylic acids is 3. The van der Waals surface area contributed by atoms with Crippen LogP contribution in [0.1, 0.15) is 50.7 Å². The Morgan fingerprint density at radius 1 is 0.909 bits per heavy atom. The van der Waals surface area contributed by atoms with E-state index < -0.39 is 40.1 Å². The summed E-state index contributed by atoms with van der Waals surface area (Å²) in [6.45, 7) is 8.74. The van der Waals surface area contributed by atoms with Gasteiger partial charge in [0.25, 0.3) is 0 Å². The van der Waals surface area contributed by atoms with E-state index >= 15 is 0 Å². The standard InChI is InChI=1S/C32H43N5O6S/c1-22(2)43-31(39)28(34-30(38)29-5-4-16-37(29)44(41,42)27-14-6-23(3)7-15-27)21-24-8-10-25(11-9-24)33-32(40)36-19-17-35(18-20-36)26-12-13-26/h6-11,14-15,22,26,28-29H,4-5,12-13,16-21H2,1-3H3,(H,33,40)(H,34,38)/t28-,29-/m0/s1. The van der Waals surface area contributed by atoms with Crippen molar-refractivity contribution in [2.24, 2.45) is 0 Å². The first kappa shape index (κ1) is 31.9.